The molecule has 1 N–H and O–H groups in total. The Hall–Kier alpha value is -2.83. The lowest BCUT2D eigenvalue weighted by atomic mass is 10.1. The van der Waals surface area contributed by atoms with Gasteiger partial charge in [-0.15, -0.1) is 0 Å². The Kier molecular flexibility index (Phi) is 7.59. The standard InChI is InChI=1S/C25H27ClN2O3S/c1-18-4-11-23(12-5-18)32(30,31)28(24-13-6-19(2)16-20(24)3)17-25(29)27-15-14-21-7-9-22(26)10-8-21/h4-13,16H,14-15,17H2,1-3H3,(H,27,29). The van der Waals surface area contributed by atoms with Crippen LogP contribution in [0.4, 0.5) is 5.69 Å². The van der Waals surface area contributed by atoms with Gasteiger partial charge in [0.05, 0.1) is 10.6 Å². The zero-order valence-corrected chi connectivity index (χ0v) is 20.0. The summed E-state index contributed by atoms with van der Waals surface area (Å²) in [5, 5.41) is 3.49. The largest absolute Gasteiger partial charge is 0.354 e. The zero-order valence-electron chi connectivity index (χ0n) is 18.4. The lowest BCUT2D eigenvalue weighted by Crippen LogP contribution is -2.41. The number of nitrogens with one attached hydrogen (secondary N) is 1. The number of amides is 1. The van der Waals surface area contributed by atoms with Crippen molar-refractivity contribution in [3.63, 3.8) is 0 Å². The Morgan fingerprint density at radius 3 is 2.16 bits per heavy atom. The molecule has 0 atom stereocenters. The summed E-state index contributed by atoms with van der Waals surface area (Å²) in [5.74, 6) is -0.366. The van der Waals surface area contributed by atoms with E-state index < -0.39 is 10.0 Å². The SMILES string of the molecule is Cc1ccc(S(=O)(=O)N(CC(=O)NCCc2ccc(Cl)cc2)c2ccc(C)cc2C)cc1. The van der Waals surface area contributed by atoms with Gasteiger partial charge in [0.2, 0.25) is 5.91 Å². The monoisotopic (exact) mass is 470 g/mol. The number of anilines is 1. The van der Waals surface area contributed by atoms with E-state index >= 15 is 0 Å². The number of benzene rings is 3. The molecule has 0 spiro atoms. The minimum absolute atomic E-state index is 0.150. The van der Waals surface area contributed by atoms with Crippen molar-refractivity contribution in [1.82, 2.24) is 5.32 Å². The van der Waals surface area contributed by atoms with E-state index in [1.807, 2.05) is 45.0 Å². The van der Waals surface area contributed by atoms with Crippen LogP contribution in [0.25, 0.3) is 0 Å². The molecular weight excluding hydrogens is 444 g/mol. The molecule has 3 rings (SSSR count). The number of hydrogen-bond acceptors (Lipinski definition) is 3. The molecule has 3 aromatic carbocycles. The van der Waals surface area contributed by atoms with Crippen LogP contribution in [-0.2, 0) is 21.2 Å². The maximum absolute atomic E-state index is 13.5. The van der Waals surface area contributed by atoms with Crippen molar-refractivity contribution >= 4 is 33.2 Å². The van der Waals surface area contributed by atoms with Crippen LogP contribution < -0.4 is 9.62 Å². The topological polar surface area (TPSA) is 66.5 Å². The number of halogens is 1. The number of aryl methyl sites for hydroxylation is 3. The zero-order chi connectivity index (χ0) is 23.3. The van der Waals surface area contributed by atoms with Crippen molar-refractivity contribution in [1.29, 1.82) is 0 Å². The fourth-order valence-electron chi connectivity index (χ4n) is 3.41. The van der Waals surface area contributed by atoms with Gasteiger partial charge in [-0.2, -0.15) is 0 Å². The molecule has 0 fully saturated rings. The number of nitrogens with zero attached hydrogens (tertiary/aromatic N) is 1. The summed E-state index contributed by atoms with van der Waals surface area (Å²) in [5.41, 5.74) is 4.29. The van der Waals surface area contributed by atoms with Crippen LogP contribution in [-0.4, -0.2) is 27.4 Å². The Morgan fingerprint density at radius 1 is 0.906 bits per heavy atom. The molecule has 0 bridgehead atoms. The number of carbonyl (C=O) groups is 1. The first-order valence-electron chi connectivity index (χ1n) is 10.3. The average Bonchev–Trinajstić information content (AvgIpc) is 2.74. The predicted octanol–water partition coefficient (Wildman–Crippen LogP) is 4.82. The Bertz CT molecular complexity index is 1190. The highest BCUT2D eigenvalue weighted by Gasteiger charge is 2.28. The van der Waals surface area contributed by atoms with Crippen LogP contribution in [0, 0.1) is 20.8 Å². The maximum atomic E-state index is 13.5. The van der Waals surface area contributed by atoms with Crippen molar-refractivity contribution in [2.75, 3.05) is 17.4 Å². The van der Waals surface area contributed by atoms with Gasteiger partial charge in [0.25, 0.3) is 10.0 Å². The van der Waals surface area contributed by atoms with E-state index in [0.29, 0.717) is 23.7 Å². The van der Waals surface area contributed by atoms with Crippen LogP contribution in [0.15, 0.2) is 71.6 Å². The van der Waals surface area contributed by atoms with E-state index in [2.05, 4.69) is 5.32 Å². The average molecular weight is 471 g/mol. The molecule has 1 amide bonds. The highest BCUT2D eigenvalue weighted by molar-refractivity contribution is 7.92. The summed E-state index contributed by atoms with van der Waals surface area (Å²) < 4.78 is 28.1. The third kappa shape index (κ3) is 5.90. The fraction of sp³-hybridized carbons (Fsp3) is 0.240. The predicted molar refractivity (Wildman–Crippen MR) is 130 cm³/mol. The third-order valence-electron chi connectivity index (χ3n) is 5.17. The molecule has 0 heterocycles. The summed E-state index contributed by atoms with van der Waals surface area (Å²) in [7, 11) is -3.93. The number of hydrogen-bond donors (Lipinski definition) is 1. The summed E-state index contributed by atoms with van der Waals surface area (Å²) in [6.07, 6.45) is 0.622. The minimum atomic E-state index is -3.93. The first-order chi connectivity index (χ1) is 15.2. The molecule has 0 saturated carbocycles. The minimum Gasteiger partial charge on any atom is -0.354 e. The first-order valence-corrected chi connectivity index (χ1v) is 12.2. The molecule has 0 aliphatic heterocycles. The van der Waals surface area contributed by atoms with Crippen molar-refractivity contribution < 1.29 is 13.2 Å². The van der Waals surface area contributed by atoms with Gasteiger partial charge < -0.3 is 5.32 Å². The molecule has 32 heavy (non-hydrogen) atoms. The molecule has 0 aliphatic carbocycles. The Morgan fingerprint density at radius 2 is 1.53 bits per heavy atom. The lowest BCUT2D eigenvalue weighted by molar-refractivity contribution is -0.119. The number of carbonyl (C=O) groups excluding carboxylic acids is 1. The molecule has 0 radical (unpaired) electrons. The van der Waals surface area contributed by atoms with Crippen molar-refractivity contribution in [2.24, 2.45) is 0 Å². The number of sulfonamides is 1. The van der Waals surface area contributed by atoms with Crippen LogP contribution in [0.1, 0.15) is 22.3 Å². The molecule has 5 nitrogen and oxygen atoms in total. The van der Waals surface area contributed by atoms with E-state index in [-0.39, 0.29) is 17.3 Å². The second-order valence-corrected chi connectivity index (χ2v) is 10.1. The molecule has 7 heteroatoms. The molecule has 0 unspecified atom stereocenters. The fourth-order valence-corrected chi connectivity index (χ4v) is 5.02. The molecule has 0 saturated heterocycles. The van der Waals surface area contributed by atoms with Gasteiger partial charge in [-0.1, -0.05) is 59.1 Å². The van der Waals surface area contributed by atoms with Gasteiger partial charge >= 0.3 is 0 Å². The van der Waals surface area contributed by atoms with Crippen molar-refractivity contribution in [3.05, 3.63) is 94.0 Å². The van der Waals surface area contributed by atoms with Crippen molar-refractivity contribution in [2.45, 2.75) is 32.1 Å². The number of rotatable bonds is 8. The summed E-state index contributed by atoms with van der Waals surface area (Å²) in [4.78, 5) is 12.9. The van der Waals surface area contributed by atoms with Gasteiger partial charge in [0.1, 0.15) is 6.54 Å². The smallest absolute Gasteiger partial charge is 0.264 e. The third-order valence-corrected chi connectivity index (χ3v) is 7.19. The molecule has 168 valence electrons. The summed E-state index contributed by atoms with van der Waals surface area (Å²) >= 11 is 5.90. The highest BCUT2D eigenvalue weighted by Crippen LogP contribution is 2.27. The second kappa shape index (κ2) is 10.2. The van der Waals surface area contributed by atoms with Gasteiger partial charge in [-0.3, -0.25) is 9.10 Å². The van der Waals surface area contributed by atoms with Crippen LogP contribution in [0.3, 0.4) is 0 Å². The van der Waals surface area contributed by atoms with E-state index in [1.54, 1.807) is 42.5 Å². The van der Waals surface area contributed by atoms with E-state index in [0.717, 1.165) is 22.3 Å². The van der Waals surface area contributed by atoms with E-state index in [4.69, 9.17) is 11.6 Å². The second-order valence-electron chi connectivity index (χ2n) is 7.84. The quantitative estimate of drug-likeness (QED) is 0.513. The highest BCUT2D eigenvalue weighted by atomic mass is 35.5. The molecule has 0 aromatic heterocycles. The molecule has 0 aliphatic rings. The van der Waals surface area contributed by atoms with Gasteiger partial charge in [-0.25, -0.2) is 8.42 Å². The van der Waals surface area contributed by atoms with Crippen LogP contribution >= 0.6 is 11.6 Å². The lowest BCUT2D eigenvalue weighted by Gasteiger charge is -2.26. The Labute approximate surface area is 195 Å². The Balaban J connectivity index is 1.81. The normalized spacial score (nSPS) is 11.2. The van der Waals surface area contributed by atoms with Crippen molar-refractivity contribution in [3.8, 4) is 0 Å². The molecular formula is C25H27ClN2O3S. The maximum Gasteiger partial charge on any atom is 0.264 e. The van der Waals surface area contributed by atoms with E-state index in [1.165, 1.54) is 4.31 Å². The van der Waals surface area contributed by atoms with Crippen LogP contribution in [0.2, 0.25) is 5.02 Å². The van der Waals surface area contributed by atoms with Gasteiger partial charge in [-0.05, 0) is 68.7 Å². The van der Waals surface area contributed by atoms with Gasteiger partial charge in [0.15, 0.2) is 0 Å². The summed E-state index contributed by atoms with van der Waals surface area (Å²) in [6, 6.07) is 19.5. The van der Waals surface area contributed by atoms with E-state index in [9.17, 15) is 13.2 Å². The van der Waals surface area contributed by atoms with Gasteiger partial charge in [0, 0.05) is 11.6 Å². The summed E-state index contributed by atoms with van der Waals surface area (Å²) in [6.45, 7) is 5.77. The molecule has 3 aromatic rings. The van der Waals surface area contributed by atoms with Crippen LogP contribution in [0.5, 0.6) is 0 Å². The first kappa shape index (κ1) is 23.8.